The Hall–Kier alpha value is -0.850. The Labute approximate surface area is 253 Å². The molecule has 1 heteroatoms. The normalized spacial score (nSPS) is 11.4. The monoisotopic (exact) mass is 557 g/mol. The van der Waals surface area contributed by atoms with Crippen molar-refractivity contribution in [2.24, 2.45) is 0 Å². The Kier molecular flexibility index (Phi) is 28.9. The standard InChI is InChI=1S/C39H74N/c1-3-5-7-9-11-13-15-17-19-20-21-23-25-27-29-31-33-39-34-37-40(38-35-39)36-32-30-28-26-24-22-18-16-14-12-10-8-6-4-2/h34-35,37-38H,3-33,36H2,1-2H3/q+1. The topological polar surface area (TPSA) is 3.88 Å². The molecule has 1 heterocycles. The van der Waals surface area contributed by atoms with Crippen molar-refractivity contribution in [3.05, 3.63) is 30.1 Å². The third kappa shape index (κ3) is 26.1. The molecule has 0 N–H and O–H groups in total. The first kappa shape index (κ1) is 37.2. The molecule has 0 spiro atoms. The van der Waals surface area contributed by atoms with Gasteiger partial charge in [-0.25, -0.2) is 4.57 Å². The van der Waals surface area contributed by atoms with Crippen LogP contribution in [-0.2, 0) is 13.0 Å². The summed E-state index contributed by atoms with van der Waals surface area (Å²) in [5.41, 5.74) is 1.53. The molecule has 0 saturated carbocycles. The molecule has 0 aliphatic carbocycles. The molecule has 40 heavy (non-hydrogen) atoms. The minimum Gasteiger partial charge on any atom is -0.205 e. The van der Waals surface area contributed by atoms with Gasteiger partial charge in [0.1, 0.15) is 6.54 Å². The molecule has 0 aliphatic rings. The lowest BCUT2D eigenvalue weighted by Crippen LogP contribution is -2.32. The van der Waals surface area contributed by atoms with Gasteiger partial charge in [-0.1, -0.05) is 187 Å². The molecule has 0 radical (unpaired) electrons. The summed E-state index contributed by atoms with van der Waals surface area (Å²) in [6.07, 6.45) is 49.2. The molecule has 0 saturated heterocycles. The van der Waals surface area contributed by atoms with Gasteiger partial charge in [0.25, 0.3) is 0 Å². The Morgan fingerprint density at radius 3 is 0.950 bits per heavy atom. The summed E-state index contributed by atoms with van der Waals surface area (Å²) in [6, 6.07) is 4.74. The van der Waals surface area contributed by atoms with Crippen molar-refractivity contribution < 1.29 is 4.57 Å². The fourth-order valence-corrected chi connectivity index (χ4v) is 6.17. The molecule has 1 aromatic rings. The van der Waals surface area contributed by atoms with E-state index in [1.165, 1.54) is 211 Å². The van der Waals surface area contributed by atoms with Crippen molar-refractivity contribution in [2.75, 3.05) is 0 Å². The van der Waals surface area contributed by atoms with Crippen LogP contribution in [0.4, 0.5) is 0 Å². The predicted molar refractivity (Wildman–Crippen MR) is 180 cm³/mol. The van der Waals surface area contributed by atoms with Crippen LogP contribution in [0.3, 0.4) is 0 Å². The average Bonchev–Trinajstić information content (AvgIpc) is 2.98. The van der Waals surface area contributed by atoms with E-state index >= 15 is 0 Å². The Bertz CT molecular complexity index is 591. The Balaban J connectivity index is 1.82. The molecule has 0 aliphatic heterocycles. The van der Waals surface area contributed by atoms with Gasteiger partial charge < -0.3 is 0 Å². The van der Waals surface area contributed by atoms with Crippen molar-refractivity contribution in [1.29, 1.82) is 0 Å². The number of hydrogen-bond acceptors (Lipinski definition) is 0. The summed E-state index contributed by atoms with van der Waals surface area (Å²) in [4.78, 5) is 0. The molecular weight excluding hydrogens is 482 g/mol. The van der Waals surface area contributed by atoms with Crippen LogP contribution >= 0.6 is 0 Å². The van der Waals surface area contributed by atoms with Crippen molar-refractivity contribution >= 4 is 0 Å². The second-order valence-electron chi connectivity index (χ2n) is 13.1. The van der Waals surface area contributed by atoms with Crippen LogP contribution in [0.1, 0.15) is 212 Å². The third-order valence-corrected chi connectivity index (χ3v) is 9.05. The van der Waals surface area contributed by atoms with Crippen LogP contribution in [0.5, 0.6) is 0 Å². The molecule has 0 atom stereocenters. The number of unbranched alkanes of at least 4 members (excludes halogenated alkanes) is 28. The lowest BCUT2D eigenvalue weighted by atomic mass is 10.0. The zero-order chi connectivity index (χ0) is 28.6. The zero-order valence-electron chi connectivity index (χ0n) is 27.9. The zero-order valence-corrected chi connectivity index (χ0v) is 27.9. The molecule has 1 aromatic heterocycles. The Morgan fingerprint density at radius 1 is 0.350 bits per heavy atom. The second-order valence-corrected chi connectivity index (χ2v) is 13.1. The van der Waals surface area contributed by atoms with E-state index in [0.29, 0.717) is 0 Å². The SMILES string of the molecule is CCCCCCCCCCCCCCCCCCc1cc[n+](CCCCCCCCCCCCCCCC)cc1. The quantitative estimate of drug-likeness (QED) is 0.0613. The van der Waals surface area contributed by atoms with Crippen molar-refractivity contribution in [2.45, 2.75) is 219 Å². The molecular formula is C39H74N+. The first-order valence-corrected chi connectivity index (χ1v) is 18.8. The van der Waals surface area contributed by atoms with Gasteiger partial charge in [-0.3, -0.25) is 0 Å². The van der Waals surface area contributed by atoms with Crippen LogP contribution in [0, 0.1) is 0 Å². The van der Waals surface area contributed by atoms with Crippen molar-refractivity contribution in [1.82, 2.24) is 0 Å². The fraction of sp³-hybridized carbons (Fsp3) is 0.872. The summed E-state index contributed by atoms with van der Waals surface area (Å²) in [7, 11) is 0. The number of rotatable bonds is 32. The van der Waals surface area contributed by atoms with Gasteiger partial charge in [0, 0.05) is 18.6 Å². The van der Waals surface area contributed by atoms with Crippen LogP contribution in [0.25, 0.3) is 0 Å². The molecule has 0 fully saturated rings. The summed E-state index contributed by atoms with van der Waals surface area (Å²) < 4.78 is 2.40. The van der Waals surface area contributed by atoms with Gasteiger partial charge in [0.2, 0.25) is 0 Å². The molecule has 1 nitrogen and oxygen atoms in total. The molecule has 0 amide bonds. The molecule has 0 aromatic carbocycles. The van der Waals surface area contributed by atoms with E-state index in [1.807, 2.05) is 0 Å². The highest BCUT2D eigenvalue weighted by Crippen LogP contribution is 2.15. The van der Waals surface area contributed by atoms with Gasteiger partial charge in [-0.2, -0.15) is 0 Å². The van der Waals surface area contributed by atoms with E-state index in [1.54, 1.807) is 0 Å². The smallest absolute Gasteiger partial charge is 0.169 e. The molecule has 0 unspecified atom stereocenters. The van der Waals surface area contributed by atoms with E-state index in [4.69, 9.17) is 0 Å². The highest BCUT2D eigenvalue weighted by Gasteiger charge is 2.02. The number of hydrogen-bond donors (Lipinski definition) is 0. The maximum absolute atomic E-state index is 2.40. The Morgan fingerprint density at radius 2 is 0.625 bits per heavy atom. The van der Waals surface area contributed by atoms with Crippen LogP contribution in [0.2, 0.25) is 0 Å². The summed E-state index contributed by atoms with van der Waals surface area (Å²) in [5, 5.41) is 0. The van der Waals surface area contributed by atoms with Crippen LogP contribution in [0.15, 0.2) is 24.5 Å². The predicted octanol–water partition coefficient (Wildman–Crippen LogP) is 13.3. The summed E-state index contributed by atoms with van der Waals surface area (Å²) in [6.45, 7) is 5.80. The number of aromatic nitrogens is 1. The lowest BCUT2D eigenvalue weighted by Gasteiger charge is -2.04. The molecule has 234 valence electrons. The minimum absolute atomic E-state index is 1.19. The maximum Gasteiger partial charge on any atom is 0.169 e. The summed E-state index contributed by atoms with van der Waals surface area (Å²) >= 11 is 0. The third-order valence-electron chi connectivity index (χ3n) is 9.05. The number of aryl methyl sites for hydroxylation is 2. The first-order valence-electron chi connectivity index (χ1n) is 18.8. The average molecular weight is 557 g/mol. The highest BCUT2D eigenvalue weighted by molar-refractivity contribution is 5.07. The van der Waals surface area contributed by atoms with E-state index in [0.717, 1.165) is 0 Å². The van der Waals surface area contributed by atoms with Crippen LogP contribution in [-0.4, -0.2) is 0 Å². The fourth-order valence-electron chi connectivity index (χ4n) is 6.17. The van der Waals surface area contributed by atoms with Gasteiger partial charge >= 0.3 is 0 Å². The van der Waals surface area contributed by atoms with E-state index in [-0.39, 0.29) is 0 Å². The van der Waals surface area contributed by atoms with Crippen molar-refractivity contribution in [3.63, 3.8) is 0 Å². The minimum atomic E-state index is 1.19. The largest absolute Gasteiger partial charge is 0.205 e. The van der Waals surface area contributed by atoms with E-state index in [2.05, 4.69) is 42.9 Å². The van der Waals surface area contributed by atoms with Crippen LogP contribution < -0.4 is 4.57 Å². The van der Waals surface area contributed by atoms with Gasteiger partial charge in [-0.05, 0) is 24.8 Å². The van der Waals surface area contributed by atoms with E-state index < -0.39 is 0 Å². The number of pyridine rings is 1. The lowest BCUT2D eigenvalue weighted by molar-refractivity contribution is -0.697. The maximum atomic E-state index is 2.40. The molecule has 1 rings (SSSR count). The highest BCUT2D eigenvalue weighted by atomic mass is 14.9. The van der Waals surface area contributed by atoms with Gasteiger partial charge in [0.15, 0.2) is 12.4 Å². The second kappa shape index (κ2) is 31.1. The van der Waals surface area contributed by atoms with E-state index in [9.17, 15) is 0 Å². The molecule has 0 bridgehead atoms. The van der Waals surface area contributed by atoms with Crippen molar-refractivity contribution in [3.8, 4) is 0 Å². The number of nitrogens with zero attached hydrogens (tertiary/aromatic N) is 1. The van der Waals surface area contributed by atoms with Gasteiger partial charge in [0.05, 0.1) is 0 Å². The first-order chi connectivity index (χ1) is 19.9. The summed E-state index contributed by atoms with van der Waals surface area (Å²) in [5.74, 6) is 0. The van der Waals surface area contributed by atoms with Gasteiger partial charge in [-0.15, -0.1) is 0 Å².